The van der Waals surface area contributed by atoms with Crippen LogP contribution >= 0.6 is 0 Å². The predicted molar refractivity (Wildman–Crippen MR) is 63.0 cm³/mol. The lowest BCUT2D eigenvalue weighted by Crippen LogP contribution is -2.27. The zero-order chi connectivity index (χ0) is 11.5. The molecule has 0 fully saturated rings. The highest BCUT2D eigenvalue weighted by molar-refractivity contribution is 5.77. The largest absolute Gasteiger partial charge is 0.464 e. The zero-order valence-electron chi connectivity index (χ0n) is 9.59. The molecule has 3 heteroatoms. The second-order valence-corrected chi connectivity index (χ2v) is 4.06. The van der Waals surface area contributed by atoms with Crippen LogP contribution < -0.4 is 5.32 Å². The maximum atomic E-state index is 13.7. The quantitative estimate of drug-likeness (QED) is 0.858. The third-order valence-electron chi connectivity index (χ3n) is 2.70. The number of likely N-dealkylation sites (N-methyl/N-ethyl adjacent to an activating group) is 1. The van der Waals surface area contributed by atoms with Crippen molar-refractivity contribution in [2.75, 3.05) is 6.54 Å². The van der Waals surface area contributed by atoms with Crippen molar-refractivity contribution < 1.29 is 8.81 Å². The summed E-state index contributed by atoms with van der Waals surface area (Å²) in [6, 6.07) is 5.37. The van der Waals surface area contributed by atoms with E-state index in [-0.39, 0.29) is 11.9 Å². The number of halogens is 1. The molecule has 0 spiro atoms. The second kappa shape index (κ2) is 4.66. The third kappa shape index (κ3) is 2.25. The van der Waals surface area contributed by atoms with Crippen molar-refractivity contribution in [1.29, 1.82) is 0 Å². The lowest BCUT2D eigenvalue weighted by Gasteiger charge is -2.12. The Balaban J connectivity index is 2.25. The monoisotopic (exact) mass is 221 g/mol. The van der Waals surface area contributed by atoms with Gasteiger partial charge < -0.3 is 9.73 Å². The van der Waals surface area contributed by atoms with E-state index in [0.717, 1.165) is 17.5 Å². The van der Waals surface area contributed by atoms with E-state index >= 15 is 0 Å². The average Bonchev–Trinajstić information content (AvgIpc) is 2.65. The number of hydrogen-bond acceptors (Lipinski definition) is 2. The first kappa shape index (κ1) is 11.1. The molecule has 1 heterocycles. The SMILES string of the molecule is CCN[C@@H](C)Cc1cc2occc2cc1F. The van der Waals surface area contributed by atoms with Crippen molar-refractivity contribution >= 4 is 11.0 Å². The van der Waals surface area contributed by atoms with Crippen molar-refractivity contribution in [3.8, 4) is 0 Å². The Morgan fingerprint density at radius 3 is 3.00 bits per heavy atom. The van der Waals surface area contributed by atoms with Gasteiger partial charge in [0.25, 0.3) is 0 Å². The van der Waals surface area contributed by atoms with Crippen LogP contribution in [0.15, 0.2) is 28.9 Å². The topological polar surface area (TPSA) is 25.2 Å². The van der Waals surface area contributed by atoms with Gasteiger partial charge in [-0.3, -0.25) is 0 Å². The smallest absolute Gasteiger partial charge is 0.134 e. The molecule has 0 saturated carbocycles. The lowest BCUT2D eigenvalue weighted by atomic mass is 10.1. The van der Waals surface area contributed by atoms with Crippen LogP contribution in [0.5, 0.6) is 0 Å². The molecule has 0 aliphatic heterocycles. The van der Waals surface area contributed by atoms with Gasteiger partial charge >= 0.3 is 0 Å². The number of nitrogens with one attached hydrogen (secondary N) is 1. The highest BCUT2D eigenvalue weighted by Gasteiger charge is 2.09. The van der Waals surface area contributed by atoms with E-state index in [2.05, 4.69) is 12.2 Å². The molecule has 1 aromatic heterocycles. The van der Waals surface area contributed by atoms with Gasteiger partial charge in [-0.15, -0.1) is 0 Å². The maximum Gasteiger partial charge on any atom is 0.134 e. The van der Waals surface area contributed by atoms with Gasteiger partial charge in [-0.2, -0.15) is 0 Å². The molecule has 0 bridgehead atoms. The standard InChI is InChI=1S/C13H16FNO/c1-3-15-9(2)6-11-8-13-10(4-5-16-13)7-12(11)14/h4-5,7-9,15H,3,6H2,1-2H3/t9-/m0/s1. The summed E-state index contributed by atoms with van der Waals surface area (Å²) in [6.07, 6.45) is 2.26. The van der Waals surface area contributed by atoms with E-state index in [1.54, 1.807) is 18.4 Å². The lowest BCUT2D eigenvalue weighted by molar-refractivity contribution is 0.539. The first-order valence-corrected chi connectivity index (χ1v) is 5.59. The molecule has 1 N–H and O–H groups in total. The fourth-order valence-corrected chi connectivity index (χ4v) is 1.93. The summed E-state index contributed by atoms with van der Waals surface area (Å²) < 4.78 is 19.0. The summed E-state index contributed by atoms with van der Waals surface area (Å²) in [5.41, 5.74) is 1.45. The number of furan rings is 1. The Morgan fingerprint density at radius 1 is 1.44 bits per heavy atom. The Morgan fingerprint density at radius 2 is 2.25 bits per heavy atom. The highest BCUT2D eigenvalue weighted by Crippen LogP contribution is 2.21. The molecular formula is C13H16FNO. The van der Waals surface area contributed by atoms with Gasteiger partial charge in [-0.25, -0.2) is 4.39 Å². The molecule has 0 saturated heterocycles. The molecule has 1 atom stereocenters. The minimum absolute atomic E-state index is 0.154. The van der Waals surface area contributed by atoms with E-state index in [4.69, 9.17) is 4.42 Å². The minimum Gasteiger partial charge on any atom is -0.464 e. The Labute approximate surface area is 94.4 Å². The number of rotatable bonds is 4. The molecule has 0 amide bonds. The molecule has 2 nitrogen and oxygen atoms in total. The zero-order valence-corrected chi connectivity index (χ0v) is 9.59. The molecule has 0 aliphatic carbocycles. The summed E-state index contributed by atoms with van der Waals surface area (Å²) in [5, 5.41) is 4.08. The van der Waals surface area contributed by atoms with Crippen LogP contribution in [0.4, 0.5) is 4.39 Å². The number of benzene rings is 1. The van der Waals surface area contributed by atoms with Crippen molar-refractivity contribution in [2.45, 2.75) is 26.3 Å². The minimum atomic E-state index is -0.154. The van der Waals surface area contributed by atoms with E-state index in [0.29, 0.717) is 12.0 Å². The Kier molecular flexibility index (Phi) is 3.25. The highest BCUT2D eigenvalue weighted by atomic mass is 19.1. The van der Waals surface area contributed by atoms with Gasteiger partial charge in [-0.1, -0.05) is 6.92 Å². The average molecular weight is 221 g/mol. The van der Waals surface area contributed by atoms with Crippen molar-refractivity contribution in [3.05, 3.63) is 35.8 Å². The van der Waals surface area contributed by atoms with Gasteiger partial charge in [0.2, 0.25) is 0 Å². The first-order valence-electron chi connectivity index (χ1n) is 5.59. The summed E-state index contributed by atoms with van der Waals surface area (Å²) in [6.45, 7) is 4.99. The summed E-state index contributed by atoms with van der Waals surface area (Å²) >= 11 is 0. The second-order valence-electron chi connectivity index (χ2n) is 4.06. The van der Waals surface area contributed by atoms with Crippen LogP contribution in [0.25, 0.3) is 11.0 Å². The van der Waals surface area contributed by atoms with Crippen LogP contribution in [0, 0.1) is 5.82 Å². The maximum absolute atomic E-state index is 13.7. The van der Waals surface area contributed by atoms with Gasteiger partial charge in [0.05, 0.1) is 6.26 Å². The molecule has 16 heavy (non-hydrogen) atoms. The van der Waals surface area contributed by atoms with Crippen molar-refractivity contribution in [1.82, 2.24) is 5.32 Å². The normalized spacial score (nSPS) is 13.2. The molecule has 1 aromatic carbocycles. The third-order valence-corrected chi connectivity index (χ3v) is 2.70. The van der Waals surface area contributed by atoms with E-state index in [9.17, 15) is 4.39 Å². The fraction of sp³-hybridized carbons (Fsp3) is 0.385. The molecule has 2 rings (SSSR count). The van der Waals surface area contributed by atoms with Crippen molar-refractivity contribution in [2.24, 2.45) is 0 Å². The molecule has 86 valence electrons. The van der Waals surface area contributed by atoms with Crippen LogP contribution in [-0.2, 0) is 6.42 Å². The van der Waals surface area contributed by atoms with Gasteiger partial charge in [0, 0.05) is 11.4 Å². The van der Waals surface area contributed by atoms with Crippen LogP contribution in [0.1, 0.15) is 19.4 Å². The number of hydrogen-bond donors (Lipinski definition) is 1. The summed E-state index contributed by atoms with van der Waals surface area (Å²) in [7, 11) is 0. The summed E-state index contributed by atoms with van der Waals surface area (Å²) in [4.78, 5) is 0. The Hall–Kier alpha value is -1.35. The van der Waals surface area contributed by atoms with Gasteiger partial charge in [-0.05, 0) is 43.7 Å². The van der Waals surface area contributed by atoms with Crippen molar-refractivity contribution in [3.63, 3.8) is 0 Å². The molecule has 0 unspecified atom stereocenters. The predicted octanol–water partition coefficient (Wildman–Crippen LogP) is 3.11. The Bertz CT molecular complexity index is 478. The van der Waals surface area contributed by atoms with Gasteiger partial charge in [0.15, 0.2) is 0 Å². The molecule has 2 aromatic rings. The van der Waals surface area contributed by atoms with Crippen LogP contribution in [0.2, 0.25) is 0 Å². The van der Waals surface area contributed by atoms with E-state index < -0.39 is 0 Å². The molecular weight excluding hydrogens is 205 g/mol. The first-order chi connectivity index (χ1) is 7.70. The summed E-state index contributed by atoms with van der Waals surface area (Å²) in [5.74, 6) is -0.154. The molecule has 0 radical (unpaired) electrons. The van der Waals surface area contributed by atoms with Gasteiger partial charge in [0.1, 0.15) is 11.4 Å². The number of fused-ring (bicyclic) bond motifs is 1. The van der Waals surface area contributed by atoms with Crippen LogP contribution in [0.3, 0.4) is 0 Å². The van der Waals surface area contributed by atoms with E-state index in [1.165, 1.54) is 6.07 Å². The fourth-order valence-electron chi connectivity index (χ4n) is 1.93. The molecule has 0 aliphatic rings. The van der Waals surface area contributed by atoms with Crippen LogP contribution in [-0.4, -0.2) is 12.6 Å². The van der Waals surface area contributed by atoms with E-state index in [1.807, 2.05) is 6.92 Å².